The van der Waals surface area contributed by atoms with Gasteiger partial charge >= 0.3 is 5.97 Å². The SMILES string of the molecule is CC(CNC(=O)c1c(F)cccc1Cl)CC(=O)O. The summed E-state index contributed by atoms with van der Waals surface area (Å²) in [5, 5.41) is 11.0. The topological polar surface area (TPSA) is 66.4 Å². The number of hydrogen-bond donors (Lipinski definition) is 2. The minimum absolute atomic E-state index is 0.0263. The number of carbonyl (C=O) groups is 2. The van der Waals surface area contributed by atoms with Gasteiger partial charge in [-0.2, -0.15) is 0 Å². The van der Waals surface area contributed by atoms with E-state index >= 15 is 0 Å². The monoisotopic (exact) mass is 273 g/mol. The van der Waals surface area contributed by atoms with E-state index < -0.39 is 17.7 Å². The van der Waals surface area contributed by atoms with Gasteiger partial charge in [0.1, 0.15) is 5.82 Å². The van der Waals surface area contributed by atoms with Crippen LogP contribution in [0.25, 0.3) is 0 Å². The van der Waals surface area contributed by atoms with Gasteiger partial charge in [-0.1, -0.05) is 24.6 Å². The molecule has 1 amide bonds. The van der Waals surface area contributed by atoms with Crippen LogP contribution in [0.2, 0.25) is 5.02 Å². The molecule has 0 aliphatic carbocycles. The number of aliphatic carboxylic acids is 1. The molecule has 4 nitrogen and oxygen atoms in total. The second-order valence-corrected chi connectivity index (χ2v) is 4.42. The maximum absolute atomic E-state index is 13.4. The molecule has 1 rings (SSSR count). The molecule has 1 aromatic rings. The second kappa shape index (κ2) is 6.35. The molecule has 1 aromatic carbocycles. The van der Waals surface area contributed by atoms with Gasteiger partial charge in [0.15, 0.2) is 0 Å². The number of amides is 1. The van der Waals surface area contributed by atoms with Crippen LogP contribution in [-0.2, 0) is 4.79 Å². The van der Waals surface area contributed by atoms with Gasteiger partial charge in [0.05, 0.1) is 10.6 Å². The molecule has 98 valence electrons. The Labute approximate surface area is 109 Å². The lowest BCUT2D eigenvalue weighted by Crippen LogP contribution is -2.30. The quantitative estimate of drug-likeness (QED) is 0.865. The lowest BCUT2D eigenvalue weighted by molar-refractivity contribution is -0.137. The Morgan fingerprint density at radius 3 is 2.72 bits per heavy atom. The molecule has 6 heteroatoms. The van der Waals surface area contributed by atoms with Crippen LogP contribution in [0.3, 0.4) is 0 Å². The molecule has 2 N–H and O–H groups in total. The van der Waals surface area contributed by atoms with Crippen LogP contribution in [-0.4, -0.2) is 23.5 Å². The van der Waals surface area contributed by atoms with Gasteiger partial charge in [-0.05, 0) is 18.1 Å². The molecule has 1 unspecified atom stereocenters. The number of benzene rings is 1. The molecule has 0 saturated carbocycles. The Morgan fingerprint density at radius 2 is 2.17 bits per heavy atom. The van der Waals surface area contributed by atoms with Gasteiger partial charge in [-0.3, -0.25) is 9.59 Å². The summed E-state index contributed by atoms with van der Waals surface area (Å²) >= 11 is 5.73. The Morgan fingerprint density at radius 1 is 1.50 bits per heavy atom. The van der Waals surface area contributed by atoms with Crippen LogP contribution in [0, 0.1) is 11.7 Å². The second-order valence-electron chi connectivity index (χ2n) is 4.01. The van der Waals surface area contributed by atoms with E-state index in [1.165, 1.54) is 12.1 Å². The Hall–Kier alpha value is -1.62. The van der Waals surface area contributed by atoms with Crippen LogP contribution >= 0.6 is 11.6 Å². The zero-order valence-corrected chi connectivity index (χ0v) is 10.5. The number of carbonyl (C=O) groups excluding carboxylic acids is 1. The summed E-state index contributed by atoms with van der Waals surface area (Å²) < 4.78 is 13.4. The van der Waals surface area contributed by atoms with E-state index in [4.69, 9.17) is 16.7 Å². The van der Waals surface area contributed by atoms with E-state index in [1.54, 1.807) is 6.92 Å². The number of rotatable bonds is 5. The van der Waals surface area contributed by atoms with Crippen molar-refractivity contribution in [3.05, 3.63) is 34.6 Å². The molecule has 0 radical (unpaired) electrons. The summed E-state index contributed by atoms with van der Waals surface area (Å²) in [7, 11) is 0. The fraction of sp³-hybridized carbons (Fsp3) is 0.333. The van der Waals surface area contributed by atoms with Crippen molar-refractivity contribution in [1.82, 2.24) is 5.32 Å². The first-order valence-corrected chi connectivity index (χ1v) is 5.73. The Balaban J connectivity index is 2.63. The lowest BCUT2D eigenvalue weighted by Gasteiger charge is -2.11. The maximum atomic E-state index is 13.4. The third kappa shape index (κ3) is 4.00. The van der Waals surface area contributed by atoms with Gasteiger partial charge < -0.3 is 10.4 Å². The van der Waals surface area contributed by atoms with Crippen molar-refractivity contribution in [2.24, 2.45) is 5.92 Å². The van der Waals surface area contributed by atoms with E-state index in [9.17, 15) is 14.0 Å². The number of carboxylic acid groups (broad SMARTS) is 1. The van der Waals surface area contributed by atoms with Crippen molar-refractivity contribution in [2.75, 3.05) is 6.54 Å². The van der Waals surface area contributed by atoms with Gasteiger partial charge in [0.25, 0.3) is 5.91 Å². The molecule has 0 aromatic heterocycles. The third-order valence-electron chi connectivity index (χ3n) is 2.32. The maximum Gasteiger partial charge on any atom is 0.303 e. The van der Waals surface area contributed by atoms with Gasteiger partial charge in [0.2, 0.25) is 0 Å². The van der Waals surface area contributed by atoms with Crippen molar-refractivity contribution in [3.63, 3.8) is 0 Å². The molecule has 0 bridgehead atoms. The summed E-state index contributed by atoms with van der Waals surface area (Å²) in [6.45, 7) is 1.83. The largest absolute Gasteiger partial charge is 0.481 e. The van der Waals surface area contributed by atoms with Crippen LogP contribution in [0.1, 0.15) is 23.7 Å². The number of hydrogen-bond acceptors (Lipinski definition) is 2. The summed E-state index contributed by atoms with van der Waals surface area (Å²) in [6.07, 6.45) is -0.0642. The Bertz CT molecular complexity index is 444. The first-order valence-electron chi connectivity index (χ1n) is 5.35. The molecule has 18 heavy (non-hydrogen) atoms. The number of halogens is 2. The standard InChI is InChI=1S/C12H13ClFNO3/c1-7(5-10(16)17)6-15-12(18)11-8(13)3-2-4-9(11)14/h2-4,7H,5-6H2,1H3,(H,15,18)(H,16,17). The molecule has 0 fully saturated rings. The molecule has 1 atom stereocenters. The summed E-state index contributed by atoms with van der Waals surface area (Å²) in [6, 6.07) is 3.96. The highest BCUT2D eigenvalue weighted by Crippen LogP contribution is 2.18. The lowest BCUT2D eigenvalue weighted by atomic mass is 10.1. The van der Waals surface area contributed by atoms with Crippen LogP contribution in [0.5, 0.6) is 0 Å². The van der Waals surface area contributed by atoms with Crippen LogP contribution in [0.15, 0.2) is 18.2 Å². The normalized spacial score (nSPS) is 11.9. The van der Waals surface area contributed by atoms with Crippen LogP contribution < -0.4 is 5.32 Å². The summed E-state index contributed by atoms with van der Waals surface area (Å²) in [4.78, 5) is 22.1. The average Bonchev–Trinajstić information content (AvgIpc) is 2.25. The number of nitrogens with one attached hydrogen (secondary N) is 1. The fourth-order valence-electron chi connectivity index (χ4n) is 1.44. The minimum atomic E-state index is -0.944. The highest BCUT2D eigenvalue weighted by Gasteiger charge is 2.16. The highest BCUT2D eigenvalue weighted by atomic mass is 35.5. The predicted octanol–water partition coefficient (Wildman–Crippen LogP) is 2.32. The van der Waals surface area contributed by atoms with E-state index in [2.05, 4.69) is 5.32 Å². The average molecular weight is 274 g/mol. The third-order valence-corrected chi connectivity index (χ3v) is 2.64. The molecule has 0 heterocycles. The van der Waals surface area contributed by atoms with Crippen molar-refractivity contribution in [1.29, 1.82) is 0 Å². The zero-order valence-electron chi connectivity index (χ0n) is 9.74. The smallest absolute Gasteiger partial charge is 0.303 e. The first-order chi connectivity index (χ1) is 8.41. The first kappa shape index (κ1) is 14.4. The van der Waals surface area contributed by atoms with E-state index in [0.29, 0.717) is 0 Å². The van der Waals surface area contributed by atoms with Crippen molar-refractivity contribution < 1.29 is 19.1 Å². The van der Waals surface area contributed by atoms with Crippen molar-refractivity contribution in [3.8, 4) is 0 Å². The summed E-state index contributed by atoms with van der Waals surface area (Å²) in [5.41, 5.74) is -0.221. The molecular formula is C12H13ClFNO3. The molecule has 0 aliphatic heterocycles. The Kier molecular flexibility index (Phi) is 5.09. The van der Waals surface area contributed by atoms with E-state index in [-0.39, 0.29) is 29.5 Å². The fourth-order valence-corrected chi connectivity index (χ4v) is 1.69. The zero-order chi connectivity index (χ0) is 13.7. The molecule has 0 aliphatic rings. The number of carboxylic acids is 1. The van der Waals surface area contributed by atoms with Crippen molar-refractivity contribution >= 4 is 23.5 Å². The minimum Gasteiger partial charge on any atom is -0.481 e. The van der Waals surface area contributed by atoms with Gasteiger partial charge in [-0.15, -0.1) is 0 Å². The van der Waals surface area contributed by atoms with E-state index in [1.807, 2.05) is 0 Å². The van der Waals surface area contributed by atoms with Crippen molar-refractivity contribution in [2.45, 2.75) is 13.3 Å². The highest BCUT2D eigenvalue weighted by molar-refractivity contribution is 6.33. The summed E-state index contributed by atoms with van der Waals surface area (Å²) in [5.74, 6) is -2.53. The van der Waals surface area contributed by atoms with Gasteiger partial charge in [0, 0.05) is 13.0 Å². The molecule has 0 saturated heterocycles. The van der Waals surface area contributed by atoms with Gasteiger partial charge in [-0.25, -0.2) is 4.39 Å². The molecule has 0 spiro atoms. The van der Waals surface area contributed by atoms with Crippen LogP contribution in [0.4, 0.5) is 4.39 Å². The molecular weight excluding hydrogens is 261 g/mol. The predicted molar refractivity (Wildman–Crippen MR) is 65.2 cm³/mol. The van der Waals surface area contributed by atoms with E-state index in [0.717, 1.165) is 6.07 Å².